The van der Waals surface area contributed by atoms with Crippen LogP contribution in [0.2, 0.25) is 0 Å². The Labute approximate surface area is 173 Å². The molecule has 0 bridgehead atoms. The average molecular weight is 411 g/mol. The highest BCUT2D eigenvalue weighted by atomic mass is 32.1. The zero-order valence-corrected chi connectivity index (χ0v) is 17.7. The standard InChI is InChI=1S/C22H23FN4OS/c1-14-11-18(16(3)29-14)22-17(12-26(4)15(2)20-9-10-28-25-20)13-27(24-22)21-8-6-5-7-19(21)23/h5-11,13,15H,12H2,1-4H3/t15-/m1/s1. The van der Waals surface area contributed by atoms with Gasteiger partial charge in [0.25, 0.3) is 0 Å². The van der Waals surface area contributed by atoms with Crippen LogP contribution in [-0.2, 0) is 6.54 Å². The van der Waals surface area contributed by atoms with Crippen LogP contribution in [0, 0.1) is 19.7 Å². The third kappa shape index (κ3) is 3.88. The molecule has 0 unspecified atom stereocenters. The predicted octanol–water partition coefficient (Wildman–Crippen LogP) is 5.54. The van der Waals surface area contributed by atoms with E-state index in [1.165, 1.54) is 15.8 Å². The van der Waals surface area contributed by atoms with Gasteiger partial charge in [-0.1, -0.05) is 17.3 Å². The molecule has 1 atom stereocenters. The van der Waals surface area contributed by atoms with E-state index in [0.29, 0.717) is 12.2 Å². The molecule has 0 aliphatic heterocycles. The maximum Gasteiger partial charge on any atom is 0.148 e. The number of hydrogen-bond acceptors (Lipinski definition) is 5. The Morgan fingerprint density at radius 2 is 2.03 bits per heavy atom. The van der Waals surface area contributed by atoms with E-state index in [1.54, 1.807) is 34.4 Å². The maximum atomic E-state index is 14.4. The maximum absolute atomic E-state index is 14.4. The van der Waals surface area contributed by atoms with Crippen LogP contribution in [0.15, 0.2) is 53.4 Å². The molecule has 150 valence electrons. The van der Waals surface area contributed by atoms with Gasteiger partial charge in [0.15, 0.2) is 0 Å². The number of thiophene rings is 1. The van der Waals surface area contributed by atoms with E-state index < -0.39 is 0 Å². The SMILES string of the molecule is Cc1cc(-c2nn(-c3ccccc3F)cc2CN(C)[C@H](C)c2ccon2)c(C)s1. The molecule has 0 spiro atoms. The Kier molecular flexibility index (Phi) is 5.34. The molecule has 29 heavy (non-hydrogen) atoms. The second-order valence-electron chi connectivity index (χ2n) is 7.24. The molecule has 0 saturated carbocycles. The van der Waals surface area contributed by atoms with E-state index in [2.05, 4.69) is 36.9 Å². The third-order valence-electron chi connectivity index (χ3n) is 5.15. The summed E-state index contributed by atoms with van der Waals surface area (Å²) in [5, 5.41) is 8.84. The predicted molar refractivity (Wildman–Crippen MR) is 113 cm³/mol. The minimum absolute atomic E-state index is 0.0729. The first kappa shape index (κ1) is 19.5. The summed E-state index contributed by atoms with van der Waals surface area (Å²) in [6, 6.07) is 10.8. The topological polar surface area (TPSA) is 47.1 Å². The van der Waals surface area contributed by atoms with Gasteiger partial charge >= 0.3 is 0 Å². The average Bonchev–Trinajstić information content (AvgIpc) is 3.42. The Bertz CT molecular complexity index is 1120. The van der Waals surface area contributed by atoms with Crippen LogP contribution in [0.4, 0.5) is 4.39 Å². The second kappa shape index (κ2) is 7.93. The molecule has 5 nitrogen and oxygen atoms in total. The van der Waals surface area contributed by atoms with Crippen molar-refractivity contribution in [1.29, 1.82) is 0 Å². The molecule has 3 aromatic heterocycles. The molecular weight excluding hydrogens is 387 g/mol. The first-order chi connectivity index (χ1) is 13.9. The molecule has 0 aliphatic carbocycles. The molecular formula is C22H23FN4OS. The summed E-state index contributed by atoms with van der Waals surface area (Å²) in [6.07, 6.45) is 3.50. The summed E-state index contributed by atoms with van der Waals surface area (Å²) in [5.74, 6) is -0.296. The van der Waals surface area contributed by atoms with Crippen molar-refractivity contribution >= 4 is 11.3 Å². The molecule has 0 fully saturated rings. The highest BCUT2D eigenvalue weighted by molar-refractivity contribution is 7.12. The van der Waals surface area contributed by atoms with Crippen LogP contribution in [0.1, 0.15) is 34.0 Å². The Balaban J connectivity index is 1.75. The van der Waals surface area contributed by atoms with Gasteiger partial charge in [-0.3, -0.25) is 4.90 Å². The van der Waals surface area contributed by atoms with E-state index in [1.807, 2.05) is 25.4 Å². The van der Waals surface area contributed by atoms with Crippen molar-refractivity contribution in [3.05, 3.63) is 75.7 Å². The van der Waals surface area contributed by atoms with Crippen LogP contribution >= 0.6 is 11.3 Å². The lowest BCUT2D eigenvalue weighted by Gasteiger charge is -2.22. The van der Waals surface area contributed by atoms with Crippen molar-refractivity contribution in [2.45, 2.75) is 33.4 Å². The number of aromatic nitrogens is 3. The van der Waals surface area contributed by atoms with Crippen LogP contribution in [-0.4, -0.2) is 26.9 Å². The van der Waals surface area contributed by atoms with Gasteiger partial charge < -0.3 is 4.52 Å². The quantitative estimate of drug-likeness (QED) is 0.419. The highest BCUT2D eigenvalue weighted by Crippen LogP contribution is 2.34. The van der Waals surface area contributed by atoms with Crippen molar-refractivity contribution in [1.82, 2.24) is 19.8 Å². The fraction of sp³-hybridized carbons (Fsp3) is 0.273. The van der Waals surface area contributed by atoms with Crippen LogP contribution < -0.4 is 0 Å². The minimum atomic E-state index is -0.296. The highest BCUT2D eigenvalue weighted by Gasteiger charge is 2.21. The summed E-state index contributed by atoms with van der Waals surface area (Å²) >= 11 is 1.74. The van der Waals surface area contributed by atoms with Gasteiger partial charge in [-0.25, -0.2) is 9.07 Å². The van der Waals surface area contributed by atoms with Gasteiger partial charge in [0.05, 0.1) is 11.7 Å². The van der Waals surface area contributed by atoms with Crippen molar-refractivity contribution in [3.63, 3.8) is 0 Å². The number of para-hydroxylation sites is 1. The van der Waals surface area contributed by atoms with E-state index in [9.17, 15) is 4.39 Å². The van der Waals surface area contributed by atoms with E-state index >= 15 is 0 Å². The molecule has 7 heteroatoms. The molecule has 0 amide bonds. The van der Waals surface area contributed by atoms with Gasteiger partial charge in [-0.15, -0.1) is 11.3 Å². The number of halogens is 1. The van der Waals surface area contributed by atoms with Crippen LogP contribution in [0.5, 0.6) is 0 Å². The number of hydrogen-bond donors (Lipinski definition) is 0. The fourth-order valence-electron chi connectivity index (χ4n) is 3.45. The van der Waals surface area contributed by atoms with E-state index in [-0.39, 0.29) is 11.9 Å². The van der Waals surface area contributed by atoms with Crippen LogP contribution in [0.25, 0.3) is 16.9 Å². The summed E-state index contributed by atoms with van der Waals surface area (Å²) in [7, 11) is 2.04. The molecule has 0 aliphatic rings. The summed E-state index contributed by atoms with van der Waals surface area (Å²) in [6.45, 7) is 6.92. The van der Waals surface area contributed by atoms with Gasteiger partial charge in [0.2, 0.25) is 0 Å². The van der Waals surface area contributed by atoms with Crippen molar-refractivity contribution in [2.24, 2.45) is 0 Å². The Morgan fingerprint density at radius 3 is 2.69 bits per heavy atom. The lowest BCUT2D eigenvalue weighted by molar-refractivity contribution is 0.241. The van der Waals surface area contributed by atoms with Crippen molar-refractivity contribution in [2.75, 3.05) is 7.05 Å². The lowest BCUT2D eigenvalue weighted by Crippen LogP contribution is -2.22. The van der Waals surface area contributed by atoms with Gasteiger partial charge in [-0.2, -0.15) is 5.10 Å². The van der Waals surface area contributed by atoms with Gasteiger partial charge in [0.1, 0.15) is 23.5 Å². The third-order valence-corrected chi connectivity index (χ3v) is 6.12. The summed E-state index contributed by atoms with van der Waals surface area (Å²) in [4.78, 5) is 4.61. The van der Waals surface area contributed by atoms with Crippen molar-refractivity contribution < 1.29 is 8.91 Å². The molecule has 0 saturated heterocycles. The van der Waals surface area contributed by atoms with E-state index in [0.717, 1.165) is 22.5 Å². The summed E-state index contributed by atoms with van der Waals surface area (Å²) < 4.78 is 21.0. The zero-order valence-electron chi connectivity index (χ0n) is 16.9. The Morgan fingerprint density at radius 1 is 1.24 bits per heavy atom. The number of aryl methyl sites for hydroxylation is 2. The zero-order chi connectivity index (χ0) is 20.5. The van der Waals surface area contributed by atoms with Gasteiger partial charge in [-0.05, 0) is 46.0 Å². The Hall–Kier alpha value is -2.77. The second-order valence-corrected chi connectivity index (χ2v) is 8.70. The van der Waals surface area contributed by atoms with Crippen LogP contribution in [0.3, 0.4) is 0 Å². The van der Waals surface area contributed by atoms with Crippen molar-refractivity contribution in [3.8, 4) is 16.9 Å². The first-order valence-electron chi connectivity index (χ1n) is 9.45. The smallest absolute Gasteiger partial charge is 0.148 e. The molecule has 3 heterocycles. The molecule has 4 rings (SSSR count). The summed E-state index contributed by atoms with van der Waals surface area (Å²) in [5.41, 5.74) is 4.33. The fourth-order valence-corrected chi connectivity index (χ4v) is 4.37. The monoisotopic (exact) mass is 410 g/mol. The minimum Gasteiger partial charge on any atom is -0.364 e. The molecule has 4 aromatic rings. The molecule has 0 N–H and O–H groups in total. The van der Waals surface area contributed by atoms with E-state index in [4.69, 9.17) is 9.62 Å². The first-order valence-corrected chi connectivity index (χ1v) is 10.3. The number of nitrogens with zero attached hydrogens (tertiary/aromatic N) is 4. The molecule has 1 aromatic carbocycles. The molecule has 0 radical (unpaired) electrons. The largest absolute Gasteiger partial charge is 0.364 e. The number of benzene rings is 1. The lowest BCUT2D eigenvalue weighted by atomic mass is 10.1. The normalized spacial score (nSPS) is 12.6. The number of rotatable bonds is 6. The van der Waals surface area contributed by atoms with Gasteiger partial charge in [0, 0.05) is 39.7 Å².